The Kier molecular flexibility index (Phi) is 5.38. The third-order valence-electron chi connectivity index (χ3n) is 5.04. The molecule has 3 aromatic rings. The number of hydrogen-bond donors (Lipinski definition) is 1. The van der Waals surface area contributed by atoms with E-state index in [9.17, 15) is 14.0 Å². The van der Waals surface area contributed by atoms with E-state index in [0.717, 1.165) is 16.1 Å². The average Bonchev–Trinajstić information content (AvgIpc) is 3.00. The molecule has 0 saturated carbocycles. The van der Waals surface area contributed by atoms with Crippen molar-refractivity contribution in [1.29, 1.82) is 0 Å². The van der Waals surface area contributed by atoms with Crippen molar-refractivity contribution in [2.45, 2.75) is 45.7 Å². The van der Waals surface area contributed by atoms with E-state index in [-0.39, 0.29) is 29.0 Å². The first-order chi connectivity index (χ1) is 14.3. The summed E-state index contributed by atoms with van der Waals surface area (Å²) >= 11 is 6.09. The molecule has 4 rings (SSSR count). The highest BCUT2D eigenvalue weighted by atomic mass is 35.5. The second-order valence-electron chi connectivity index (χ2n) is 7.31. The molecule has 1 aromatic carbocycles. The van der Waals surface area contributed by atoms with Crippen LogP contribution in [-0.2, 0) is 17.9 Å². The average molecular weight is 431 g/mol. The number of amides is 1. The van der Waals surface area contributed by atoms with Crippen LogP contribution in [0.2, 0.25) is 5.02 Å². The van der Waals surface area contributed by atoms with Crippen molar-refractivity contribution in [3.63, 3.8) is 0 Å². The molecular weight excluding hydrogens is 411 g/mol. The molecule has 0 radical (unpaired) electrons. The summed E-state index contributed by atoms with van der Waals surface area (Å²) in [4.78, 5) is 34.2. The second-order valence-corrected chi connectivity index (χ2v) is 7.72. The van der Waals surface area contributed by atoms with E-state index in [1.807, 2.05) is 19.9 Å². The van der Waals surface area contributed by atoms with Gasteiger partial charge in [-0.25, -0.2) is 23.8 Å². The number of aromatic nitrogens is 5. The number of benzene rings is 1. The molecule has 0 saturated heterocycles. The molecule has 2 aromatic heterocycles. The van der Waals surface area contributed by atoms with Crippen LogP contribution in [0.5, 0.6) is 0 Å². The number of nitrogens with one attached hydrogen (secondary N) is 1. The van der Waals surface area contributed by atoms with Crippen LogP contribution in [0, 0.1) is 19.7 Å². The maximum atomic E-state index is 14.2. The Hall–Kier alpha value is -3.07. The molecule has 0 bridgehead atoms. The van der Waals surface area contributed by atoms with Crippen molar-refractivity contribution in [2.75, 3.05) is 5.32 Å². The summed E-state index contributed by atoms with van der Waals surface area (Å²) in [6, 6.07) is 6.14. The minimum atomic E-state index is -0.631. The highest BCUT2D eigenvalue weighted by Gasteiger charge is 2.32. The number of carbonyl (C=O) groups is 1. The molecule has 1 unspecified atom stereocenters. The lowest BCUT2D eigenvalue weighted by molar-refractivity contribution is -0.118. The Bertz CT molecular complexity index is 1150. The third kappa shape index (κ3) is 3.85. The van der Waals surface area contributed by atoms with Crippen LogP contribution in [0.4, 0.5) is 10.3 Å². The number of anilines is 1. The number of rotatable bonds is 4. The zero-order chi connectivity index (χ0) is 21.4. The van der Waals surface area contributed by atoms with E-state index in [4.69, 9.17) is 11.6 Å². The van der Waals surface area contributed by atoms with E-state index in [1.54, 1.807) is 6.07 Å². The molecule has 0 spiro atoms. The number of halogens is 2. The van der Waals surface area contributed by atoms with Gasteiger partial charge in [0.05, 0.1) is 12.5 Å². The Labute approximate surface area is 176 Å². The normalized spacial score (nSPS) is 15.7. The molecule has 0 aliphatic carbocycles. The van der Waals surface area contributed by atoms with Gasteiger partial charge in [-0.2, -0.15) is 5.10 Å². The van der Waals surface area contributed by atoms with Crippen molar-refractivity contribution in [3.05, 3.63) is 68.4 Å². The van der Waals surface area contributed by atoms with Crippen LogP contribution in [-0.4, -0.2) is 30.2 Å². The molecule has 8 nitrogen and oxygen atoms in total. The van der Waals surface area contributed by atoms with Gasteiger partial charge < -0.3 is 0 Å². The smallest absolute Gasteiger partial charge is 0.294 e. The lowest BCUT2D eigenvalue weighted by Gasteiger charge is -2.20. The fraction of sp³-hybridized carbons (Fsp3) is 0.350. The minimum Gasteiger partial charge on any atom is -0.294 e. The van der Waals surface area contributed by atoms with Crippen LogP contribution in [0.15, 0.2) is 29.1 Å². The molecule has 156 valence electrons. The fourth-order valence-electron chi connectivity index (χ4n) is 3.67. The highest BCUT2D eigenvalue weighted by molar-refractivity contribution is 6.31. The maximum Gasteiger partial charge on any atom is 0.346 e. The molecule has 1 aliphatic rings. The summed E-state index contributed by atoms with van der Waals surface area (Å²) in [5.74, 6) is -0.910. The van der Waals surface area contributed by atoms with Gasteiger partial charge in [-0.1, -0.05) is 17.7 Å². The topological polar surface area (TPSA) is 94.7 Å². The summed E-state index contributed by atoms with van der Waals surface area (Å²) < 4.78 is 16.8. The molecule has 0 fully saturated rings. The van der Waals surface area contributed by atoms with Crippen LogP contribution in [0.3, 0.4) is 0 Å². The van der Waals surface area contributed by atoms with Crippen LogP contribution in [0.25, 0.3) is 0 Å². The highest BCUT2D eigenvalue weighted by Crippen LogP contribution is 2.26. The third-order valence-corrected chi connectivity index (χ3v) is 5.40. The van der Waals surface area contributed by atoms with E-state index in [2.05, 4.69) is 20.4 Å². The number of aryl methyl sites for hydroxylation is 2. The summed E-state index contributed by atoms with van der Waals surface area (Å²) in [6.07, 6.45) is 1.18. The Morgan fingerprint density at radius 1 is 1.30 bits per heavy atom. The summed E-state index contributed by atoms with van der Waals surface area (Å²) in [7, 11) is 0. The van der Waals surface area contributed by atoms with Gasteiger partial charge in [0.1, 0.15) is 11.6 Å². The van der Waals surface area contributed by atoms with Gasteiger partial charge in [0, 0.05) is 28.5 Å². The summed E-state index contributed by atoms with van der Waals surface area (Å²) in [5, 5.41) is 7.29. The number of carbonyl (C=O) groups excluding carboxylic acids is 1. The molecule has 3 heterocycles. The first kappa shape index (κ1) is 20.2. The molecule has 1 atom stereocenters. The van der Waals surface area contributed by atoms with Crippen LogP contribution >= 0.6 is 11.6 Å². The van der Waals surface area contributed by atoms with Crippen LogP contribution < -0.4 is 11.0 Å². The first-order valence-corrected chi connectivity index (χ1v) is 9.95. The SMILES string of the molecule is Cc1cc(C)nc(NC(=O)C2CCCn3c2nn(Cc2c(F)cccc2Cl)c3=O)n1. The molecule has 1 N–H and O–H groups in total. The minimum absolute atomic E-state index is 0.112. The Morgan fingerprint density at radius 2 is 2.03 bits per heavy atom. The van der Waals surface area contributed by atoms with Crippen molar-refractivity contribution in [2.24, 2.45) is 0 Å². The van der Waals surface area contributed by atoms with E-state index < -0.39 is 17.4 Å². The summed E-state index contributed by atoms with van der Waals surface area (Å²) in [6.45, 7) is 3.97. The lowest BCUT2D eigenvalue weighted by atomic mass is 9.98. The number of nitrogens with zero attached hydrogens (tertiary/aromatic N) is 5. The van der Waals surface area contributed by atoms with E-state index in [1.165, 1.54) is 16.7 Å². The van der Waals surface area contributed by atoms with Crippen molar-refractivity contribution >= 4 is 23.5 Å². The zero-order valence-electron chi connectivity index (χ0n) is 16.5. The lowest BCUT2D eigenvalue weighted by Crippen LogP contribution is -2.32. The molecular formula is C20H20ClFN6O2. The van der Waals surface area contributed by atoms with E-state index in [0.29, 0.717) is 25.2 Å². The monoisotopic (exact) mass is 430 g/mol. The van der Waals surface area contributed by atoms with Gasteiger partial charge in [-0.3, -0.25) is 14.7 Å². The zero-order valence-corrected chi connectivity index (χ0v) is 17.3. The summed E-state index contributed by atoms with van der Waals surface area (Å²) in [5.41, 5.74) is 1.26. The Morgan fingerprint density at radius 3 is 2.73 bits per heavy atom. The molecule has 1 amide bonds. The Balaban J connectivity index is 1.63. The first-order valence-electron chi connectivity index (χ1n) is 9.57. The van der Waals surface area contributed by atoms with Gasteiger partial charge in [-0.15, -0.1) is 0 Å². The molecule has 10 heteroatoms. The largest absolute Gasteiger partial charge is 0.346 e. The van der Waals surface area contributed by atoms with E-state index >= 15 is 0 Å². The van der Waals surface area contributed by atoms with Crippen molar-refractivity contribution in [3.8, 4) is 0 Å². The van der Waals surface area contributed by atoms with Gasteiger partial charge in [-0.05, 0) is 44.9 Å². The standard InChI is InChI=1S/C20H20ClFN6O2/c1-11-9-12(2)24-19(23-11)25-18(29)13-5-4-8-27-17(13)26-28(20(27)30)10-14-15(21)6-3-7-16(14)22/h3,6-7,9,13H,4-5,8,10H2,1-2H3,(H,23,24,25,29). The van der Waals surface area contributed by atoms with Gasteiger partial charge >= 0.3 is 5.69 Å². The quantitative estimate of drug-likeness (QED) is 0.686. The molecule has 1 aliphatic heterocycles. The fourth-order valence-corrected chi connectivity index (χ4v) is 3.89. The predicted molar refractivity (Wildman–Crippen MR) is 109 cm³/mol. The molecule has 30 heavy (non-hydrogen) atoms. The maximum absolute atomic E-state index is 14.2. The van der Waals surface area contributed by atoms with Gasteiger partial charge in [0.25, 0.3) is 0 Å². The second kappa shape index (κ2) is 7.98. The van der Waals surface area contributed by atoms with Crippen molar-refractivity contribution in [1.82, 2.24) is 24.3 Å². The predicted octanol–water partition coefficient (Wildman–Crippen LogP) is 2.81. The number of fused-ring (bicyclic) bond motifs is 1. The van der Waals surface area contributed by atoms with Crippen LogP contribution in [0.1, 0.15) is 41.5 Å². The van der Waals surface area contributed by atoms with Gasteiger partial charge in [0.15, 0.2) is 0 Å². The number of hydrogen-bond acceptors (Lipinski definition) is 5. The van der Waals surface area contributed by atoms with Crippen molar-refractivity contribution < 1.29 is 9.18 Å². The van der Waals surface area contributed by atoms with Gasteiger partial charge in [0.2, 0.25) is 11.9 Å².